The molecular weight excluding hydrogens is 226 g/mol. The van der Waals surface area contributed by atoms with E-state index in [1.807, 2.05) is 0 Å². The summed E-state index contributed by atoms with van der Waals surface area (Å²) in [5.41, 5.74) is 0. The first-order valence-electron chi connectivity index (χ1n) is 7.44. The van der Waals surface area contributed by atoms with Crippen LogP contribution in [0.4, 0.5) is 0 Å². The van der Waals surface area contributed by atoms with Gasteiger partial charge in [-0.05, 0) is 44.7 Å². The van der Waals surface area contributed by atoms with Crippen molar-refractivity contribution in [2.24, 2.45) is 5.92 Å². The second kappa shape index (κ2) is 7.10. The van der Waals surface area contributed by atoms with Crippen LogP contribution in [-0.4, -0.2) is 49.6 Å². The lowest BCUT2D eigenvalue weighted by Gasteiger charge is -2.35. The van der Waals surface area contributed by atoms with Crippen LogP contribution in [0.3, 0.4) is 0 Å². The van der Waals surface area contributed by atoms with Gasteiger partial charge in [0.05, 0.1) is 0 Å². The Bertz CT molecular complexity index is 266. The molecule has 1 heterocycles. The van der Waals surface area contributed by atoms with Gasteiger partial charge < -0.3 is 15.5 Å². The Balaban J connectivity index is 1.59. The molecule has 104 valence electrons. The van der Waals surface area contributed by atoms with Gasteiger partial charge in [-0.25, -0.2) is 0 Å². The summed E-state index contributed by atoms with van der Waals surface area (Å²) in [6, 6.07) is 0.664. The van der Waals surface area contributed by atoms with Crippen LogP contribution in [0.1, 0.15) is 39.0 Å². The smallest absolute Gasteiger partial charge is 0.216 e. The lowest BCUT2D eigenvalue weighted by atomic mass is 9.85. The van der Waals surface area contributed by atoms with Crippen LogP contribution in [0, 0.1) is 5.92 Å². The van der Waals surface area contributed by atoms with Crippen LogP contribution in [-0.2, 0) is 4.79 Å². The number of likely N-dealkylation sites (tertiary alicyclic amines) is 1. The molecule has 2 fully saturated rings. The minimum Gasteiger partial charge on any atom is -0.355 e. The summed E-state index contributed by atoms with van der Waals surface area (Å²) < 4.78 is 0. The van der Waals surface area contributed by atoms with E-state index in [0.29, 0.717) is 6.04 Å². The van der Waals surface area contributed by atoms with Gasteiger partial charge in [-0.3, -0.25) is 4.79 Å². The van der Waals surface area contributed by atoms with Crippen LogP contribution in [0.25, 0.3) is 0 Å². The van der Waals surface area contributed by atoms with Gasteiger partial charge in [0.25, 0.3) is 0 Å². The summed E-state index contributed by atoms with van der Waals surface area (Å²) >= 11 is 0. The molecule has 0 aromatic heterocycles. The molecular formula is C14H27N3O. The fourth-order valence-corrected chi connectivity index (χ4v) is 2.85. The quantitative estimate of drug-likeness (QED) is 0.741. The molecule has 2 N–H and O–H groups in total. The lowest BCUT2D eigenvalue weighted by molar-refractivity contribution is -0.119. The Kier molecular flexibility index (Phi) is 5.45. The highest BCUT2D eigenvalue weighted by molar-refractivity contribution is 5.72. The molecule has 0 aromatic rings. The van der Waals surface area contributed by atoms with Crippen molar-refractivity contribution >= 4 is 5.91 Å². The number of hydrogen-bond donors (Lipinski definition) is 2. The summed E-state index contributed by atoms with van der Waals surface area (Å²) in [5.74, 6) is 1.02. The SMILES string of the molecule is CC(=O)NCCN1CCCC(NCC2CCC2)C1. The standard InChI is InChI=1S/C14H27N3O/c1-12(18)15-7-9-17-8-3-6-14(11-17)16-10-13-4-2-5-13/h13-14,16H,2-11H2,1H3,(H,15,18). The summed E-state index contributed by atoms with van der Waals surface area (Å²) in [6.07, 6.45) is 6.86. The van der Waals surface area contributed by atoms with Crippen LogP contribution in [0.2, 0.25) is 0 Å². The predicted molar refractivity (Wildman–Crippen MR) is 73.5 cm³/mol. The molecule has 1 atom stereocenters. The normalized spacial score (nSPS) is 25.7. The molecule has 1 aliphatic carbocycles. The summed E-state index contributed by atoms with van der Waals surface area (Å²) in [4.78, 5) is 13.3. The fraction of sp³-hybridized carbons (Fsp3) is 0.929. The van der Waals surface area contributed by atoms with Crippen molar-refractivity contribution in [3.05, 3.63) is 0 Å². The third-order valence-corrected chi connectivity index (χ3v) is 4.23. The molecule has 0 bridgehead atoms. The largest absolute Gasteiger partial charge is 0.355 e. The maximum atomic E-state index is 10.8. The molecule has 0 spiro atoms. The molecule has 4 nitrogen and oxygen atoms in total. The molecule has 1 saturated carbocycles. The van der Waals surface area contributed by atoms with Gasteiger partial charge in [0.1, 0.15) is 0 Å². The Hall–Kier alpha value is -0.610. The average molecular weight is 253 g/mol. The maximum Gasteiger partial charge on any atom is 0.216 e. The van der Waals surface area contributed by atoms with Gasteiger partial charge in [-0.15, -0.1) is 0 Å². The van der Waals surface area contributed by atoms with Gasteiger partial charge in [0.15, 0.2) is 0 Å². The van der Waals surface area contributed by atoms with E-state index in [1.54, 1.807) is 6.92 Å². The zero-order valence-corrected chi connectivity index (χ0v) is 11.6. The fourth-order valence-electron chi connectivity index (χ4n) is 2.85. The number of carbonyl (C=O) groups excluding carboxylic acids is 1. The zero-order chi connectivity index (χ0) is 12.8. The molecule has 0 radical (unpaired) electrons. The van der Waals surface area contributed by atoms with Crippen molar-refractivity contribution in [1.29, 1.82) is 0 Å². The number of nitrogens with zero attached hydrogens (tertiary/aromatic N) is 1. The zero-order valence-electron chi connectivity index (χ0n) is 11.6. The molecule has 2 aliphatic rings. The van der Waals surface area contributed by atoms with E-state index in [9.17, 15) is 4.79 Å². The van der Waals surface area contributed by atoms with Crippen LogP contribution < -0.4 is 10.6 Å². The van der Waals surface area contributed by atoms with E-state index in [-0.39, 0.29) is 5.91 Å². The molecule has 2 rings (SSSR count). The van der Waals surface area contributed by atoms with Crippen molar-refractivity contribution < 1.29 is 4.79 Å². The van der Waals surface area contributed by atoms with Gasteiger partial charge in [0, 0.05) is 32.6 Å². The van der Waals surface area contributed by atoms with E-state index < -0.39 is 0 Å². The van der Waals surface area contributed by atoms with E-state index in [0.717, 1.165) is 25.6 Å². The van der Waals surface area contributed by atoms with Crippen molar-refractivity contribution in [3.63, 3.8) is 0 Å². The number of nitrogens with one attached hydrogen (secondary N) is 2. The van der Waals surface area contributed by atoms with Crippen molar-refractivity contribution in [2.45, 2.75) is 45.1 Å². The van der Waals surface area contributed by atoms with E-state index >= 15 is 0 Å². The number of piperidine rings is 1. The minimum absolute atomic E-state index is 0.0756. The molecule has 1 unspecified atom stereocenters. The number of hydrogen-bond acceptors (Lipinski definition) is 3. The monoisotopic (exact) mass is 253 g/mol. The first-order chi connectivity index (χ1) is 8.74. The number of amides is 1. The van der Waals surface area contributed by atoms with Gasteiger partial charge in [-0.1, -0.05) is 6.42 Å². The second-order valence-corrected chi connectivity index (χ2v) is 5.83. The van der Waals surface area contributed by atoms with Crippen LogP contribution >= 0.6 is 0 Å². The van der Waals surface area contributed by atoms with Crippen LogP contribution in [0.15, 0.2) is 0 Å². The highest BCUT2D eigenvalue weighted by Gasteiger charge is 2.22. The van der Waals surface area contributed by atoms with Gasteiger partial charge >= 0.3 is 0 Å². The number of rotatable bonds is 6. The van der Waals surface area contributed by atoms with Gasteiger partial charge in [-0.2, -0.15) is 0 Å². The Morgan fingerprint density at radius 3 is 2.78 bits per heavy atom. The molecule has 4 heteroatoms. The van der Waals surface area contributed by atoms with Gasteiger partial charge in [0.2, 0.25) is 5.91 Å². The second-order valence-electron chi connectivity index (χ2n) is 5.83. The Morgan fingerprint density at radius 2 is 2.11 bits per heavy atom. The highest BCUT2D eigenvalue weighted by Crippen LogP contribution is 2.25. The third-order valence-electron chi connectivity index (χ3n) is 4.23. The molecule has 1 saturated heterocycles. The third kappa shape index (κ3) is 4.58. The molecule has 18 heavy (non-hydrogen) atoms. The van der Waals surface area contributed by atoms with Crippen LogP contribution in [0.5, 0.6) is 0 Å². The van der Waals surface area contributed by atoms with E-state index in [1.165, 1.54) is 45.2 Å². The summed E-state index contributed by atoms with van der Waals surface area (Å²) in [6.45, 7) is 6.89. The van der Waals surface area contributed by atoms with E-state index in [4.69, 9.17) is 0 Å². The lowest BCUT2D eigenvalue weighted by Crippen LogP contribution is -2.49. The van der Waals surface area contributed by atoms with Crippen molar-refractivity contribution in [3.8, 4) is 0 Å². The average Bonchev–Trinajstić information content (AvgIpc) is 2.27. The first kappa shape index (κ1) is 13.8. The Labute approximate surface area is 110 Å². The summed E-state index contributed by atoms with van der Waals surface area (Å²) in [5, 5.41) is 6.60. The van der Waals surface area contributed by atoms with Crippen molar-refractivity contribution in [2.75, 3.05) is 32.7 Å². The molecule has 0 aromatic carbocycles. The topological polar surface area (TPSA) is 44.4 Å². The molecule has 1 amide bonds. The maximum absolute atomic E-state index is 10.8. The van der Waals surface area contributed by atoms with Crippen molar-refractivity contribution in [1.82, 2.24) is 15.5 Å². The predicted octanol–water partition coefficient (Wildman–Crippen LogP) is 0.977. The highest BCUT2D eigenvalue weighted by atomic mass is 16.1. The Morgan fingerprint density at radius 1 is 1.28 bits per heavy atom. The van der Waals surface area contributed by atoms with E-state index in [2.05, 4.69) is 15.5 Å². The first-order valence-corrected chi connectivity index (χ1v) is 7.44. The number of carbonyl (C=O) groups is 1. The molecule has 1 aliphatic heterocycles. The summed E-state index contributed by atoms with van der Waals surface area (Å²) in [7, 11) is 0. The minimum atomic E-state index is 0.0756.